The van der Waals surface area contributed by atoms with E-state index in [9.17, 15) is 4.79 Å². The Morgan fingerprint density at radius 2 is 2.09 bits per heavy atom. The monoisotopic (exact) mass is 329 g/mol. The van der Waals surface area contributed by atoms with Gasteiger partial charge in [-0.05, 0) is 24.6 Å². The molecule has 0 unspecified atom stereocenters. The molecule has 0 aliphatic rings. The van der Waals surface area contributed by atoms with Crippen LogP contribution in [0.15, 0.2) is 39.8 Å². The summed E-state index contributed by atoms with van der Waals surface area (Å²) in [5.41, 5.74) is 2.36. The van der Waals surface area contributed by atoms with Gasteiger partial charge in [-0.3, -0.25) is 0 Å². The largest absolute Gasteiger partial charge is 0.438 e. The van der Waals surface area contributed by atoms with Crippen LogP contribution in [0.5, 0.6) is 0 Å². The Kier molecular flexibility index (Phi) is 4.00. The summed E-state index contributed by atoms with van der Waals surface area (Å²) < 4.78 is 7.95. The minimum Gasteiger partial charge on any atom is -0.386 e. The highest BCUT2D eigenvalue weighted by Crippen LogP contribution is 2.20. The van der Waals surface area contributed by atoms with Crippen molar-refractivity contribution >= 4 is 11.6 Å². The second-order valence-corrected chi connectivity index (χ2v) is 5.36. The van der Waals surface area contributed by atoms with Crippen molar-refractivity contribution in [3.05, 3.63) is 57.4 Å². The standard InChI is InChI=1S/C15H12ClN5O2/c1-10-13(14-19-21(7-6-17)15(22)23-14)18-9-20(10)8-11-2-4-12(16)5-3-11/h2-5,9H,7-8H2,1H3. The molecule has 0 saturated heterocycles. The van der Waals surface area contributed by atoms with Crippen LogP contribution in [0, 0.1) is 18.3 Å². The van der Waals surface area contributed by atoms with E-state index in [0.29, 0.717) is 17.3 Å². The van der Waals surface area contributed by atoms with Crippen molar-refractivity contribution in [2.24, 2.45) is 0 Å². The van der Waals surface area contributed by atoms with Crippen LogP contribution in [0.25, 0.3) is 11.6 Å². The molecule has 2 heterocycles. The molecule has 23 heavy (non-hydrogen) atoms. The topological polar surface area (TPSA) is 89.6 Å². The van der Waals surface area contributed by atoms with Gasteiger partial charge >= 0.3 is 5.76 Å². The van der Waals surface area contributed by atoms with Crippen molar-refractivity contribution in [3.8, 4) is 17.7 Å². The Balaban J connectivity index is 1.90. The van der Waals surface area contributed by atoms with E-state index in [-0.39, 0.29) is 12.4 Å². The molecule has 7 nitrogen and oxygen atoms in total. The molecule has 3 rings (SSSR count). The quantitative estimate of drug-likeness (QED) is 0.732. The maximum atomic E-state index is 11.6. The van der Waals surface area contributed by atoms with Crippen LogP contribution in [0.3, 0.4) is 0 Å². The molecule has 116 valence electrons. The first kappa shape index (κ1) is 15.1. The van der Waals surface area contributed by atoms with Crippen LogP contribution in [-0.2, 0) is 13.1 Å². The lowest BCUT2D eigenvalue weighted by Gasteiger charge is -2.05. The third-order valence-corrected chi connectivity index (χ3v) is 3.65. The van der Waals surface area contributed by atoms with Crippen molar-refractivity contribution in [1.29, 1.82) is 5.26 Å². The summed E-state index contributed by atoms with van der Waals surface area (Å²) in [4.78, 5) is 15.8. The van der Waals surface area contributed by atoms with Crippen molar-refractivity contribution in [2.75, 3.05) is 0 Å². The third kappa shape index (κ3) is 3.03. The van der Waals surface area contributed by atoms with E-state index >= 15 is 0 Å². The highest BCUT2D eigenvalue weighted by Gasteiger charge is 2.16. The molecule has 0 aliphatic carbocycles. The van der Waals surface area contributed by atoms with E-state index < -0.39 is 5.76 Å². The molecule has 0 aliphatic heterocycles. The van der Waals surface area contributed by atoms with Gasteiger partial charge in [0.1, 0.15) is 12.2 Å². The Bertz CT molecular complexity index is 930. The molecule has 0 amide bonds. The van der Waals surface area contributed by atoms with Crippen molar-refractivity contribution in [3.63, 3.8) is 0 Å². The predicted molar refractivity (Wildman–Crippen MR) is 82.9 cm³/mol. The van der Waals surface area contributed by atoms with Gasteiger partial charge in [0.25, 0.3) is 5.89 Å². The number of benzene rings is 1. The molecule has 0 spiro atoms. The molecule has 8 heteroatoms. The van der Waals surface area contributed by atoms with Gasteiger partial charge in [-0.15, -0.1) is 5.10 Å². The molecular formula is C15H12ClN5O2. The lowest BCUT2D eigenvalue weighted by Crippen LogP contribution is -2.14. The fraction of sp³-hybridized carbons (Fsp3) is 0.200. The Morgan fingerprint density at radius 1 is 1.35 bits per heavy atom. The molecule has 0 N–H and O–H groups in total. The summed E-state index contributed by atoms with van der Waals surface area (Å²) in [6, 6.07) is 9.37. The summed E-state index contributed by atoms with van der Waals surface area (Å²) in [6.07, 6.45) is 1.66. The molecule has 0 radical (unpaired) electrons. The van der Waals surface area contributed by atoms with Crippen molar-refractivity contribution < 1.29 is 4.42 Å². The van der Waals surface area contributed by atoms with Crippen LogP contribution in [0.2, 0.25) is 5.02 Å². The summed E-state index contributed by atoms with van der Waals surface area (Å²) in [5.74, 6) is -0.564. The Hall–Kier alpha value is -2.85. The fourth-order valence-electron chi connectivity index (χ4n) is 2.17. The maximum absolute atomic E-state index is 11.6. The molecule has 0 bridgehead atoms. The smallest absolute Gasteiger partial charge is 0.386 e. The first-order valence-electron chi connectivity index (χ1n) is 6.80. The van der Waals surface area contributed by atoms with Crippen LogP contribution >= 0.6 is 11.6 Å². The minimum absolute atomic E-state index is 0.109. The minimum atomic E-state index is -0.673. The number of halogens is 1. The number of aromatic nitrogens is 4. The molecule has 0 atom stereocenters. The van der Waals surface area contributed by atoms with Crippen LogP contribution < -0.4 is 5.76 Å². The van der Waals surface area contributed by atoms with E-state index in [0.717, 1.165) is 15.9 Å². The number of hydrogen-bond donors (Lipinski definition) is 0. The average Bonchev–Trinajstić information content (AvgIpc) is 3.06. The zero-order valence-electron chi connectivity index (χ0n) is 12.2. The average molecular weight is 330 g/mol. The lowest BCUT2D eigenvalue weighted by atomic mass is 10.2. The zero-order chi connectivity index (χ0) is 16.4. The first-order valence-corrected chi connectivity index (χ1v) is 7.17. The molecule has 3 aromatic rings. The summed E-state index contributed by atoms with van der Waals surface area (Å²) >= 11 is 5.88. The third-order valence-electron chi connectivity index (χ3n) is 3.40. The van der Waals surface area contributed by atoms with Gasteiger partial charge in [-0.1, -0.05) is 23.7 Å². The van der Waals surface area contributed by atoms with Gasteiger partial charge in [0, 0.05) is 17.3 Å². The number of hydrogen-bond acceptors (Lipinski definition) is 5. The van der Waals surface area contributed by atoms with E-state index in [2.05, 4.69) is 10.1 Å². The van der Waals surface area contributed by atoms with E-state index in [1.807, 2.05) is 41.8 Å². The van der Waals surface area contributed by atoms with Crippen molar-refractivity contribution in [2.45, 2.75) is 20.0 Å². The molecular weight excluding hydrogens is 318 g/mol. The molecule has 0 fully saturated rings. The predicted octanol–water partition coefficient (Wildman–Crippen LogP) is 2.23. The number of imidazole rings is 1. The van der Waals surface area contributed by atoms with Gasteiger partial charge in [0.15, 0.2) is 0 Å². The van der Waals surface area contributed by atoms with Gasteiger partial charge in [-0.2, -0.15) is 9.94 Å². The molecule has 2 aromatic heterocycles. The Labute approximate surface area is 136 Å². The molecule has 1 aromatic carbocycles. The molecule has 0 saturated carbocycles. The second-order valence-electron chi connectivity index (χ2n) is 4.92. The highest BCUT2D eigenvalue weighted by atomic mass is 35.5. The van der Waals surface area contributed by atoms with Gasteiger partial charge in [0.05, 0.1) is 12.4 Å². The maximum Gasteiger partial charge on any atom is 0.438 e. The van der Waals surface area contributed by atoms with E-state index in [4.69, 9.17) is 21.3 Å². The summed E-state index contributed by atoms with van der Waals surface area (Å²) in [6.45, 7) is 2.31. The zero-order valence-corrected chi connectivity index (χ0v) is 13.0. The van der Waals surface area contributed by atoms with Crippen LogP contribution in [0.1, 0.15) is 11.3 Å². The van der Waals surface area contributed by atoms with Crippen molar-refractivity contribution in [1.82, 2.24) is 19.3 Å². The van der Waals surface area contributed by atoms with Gasteiger partial charge in [-0.25, -0.2) is 9.78 Å². The van der Waals surface area contributed by atoms with Gasteiger partial charge in [0.2, 0.25) is 0 Å². The van der Waals surface area contributed by atoms with Crippen LogP contribution in [-0.4, -0.2) is 19.3 Å². The van der Waals surface area contributed by atoms with Crippen LogP contribution in [0.4, 0.5) is 0 Å². The number of nitriles is 1. The fourth-order valence-corrected chi connectivity index (χ4v) is 2.29. The van der Waals surface area contributed by atoms with Gasteiger partial charge < -0.3 is 8.98 Å². The number of rotatable bonds is 4. The highest BCUT2D eigenvalue weighted by molar-refractivity contribution is 6.30. The Morgan fingerprint density at radius 3 is 2.78 bits per heavy atom. The summed E-state index contributed by atoms with van der Waals surface area (Å²) in [7, 11) is 0. The number of nitrogens with zero attached hydrogens (tertiary/aromatic N) is 5. The van der Waals surface area contributed by atoms with E-state index in [1.54, 1.807) is 6.33 Å². The summed E-state index contributed by atoms with van der Waals surface area (Å²) in [5, 5.41) is 13.3. The first-order chi connectivity index (χ1) is 11.1. The van der Waals surface area contributed by atoms with E-state index in [1.165, 1.54) is 0 Å². The normalized spacial score (nSPS) is 10.7. The second kappa shape index (κ2) is 6.10. The lowest BCUT2D eigenvalue weighted by molar-refractivity contribution is 0.497. The SMILES string of the molecule is Cc1c(-c2nn(CC#N)c(=O)o2)ncn1Cc1ccc(Cl)cc1.